The number of rotatable bonds is 7. The van der Waals surface area contributed by atoms with Crippen molar-refractivity contribution in [1.29, 1.82) is 10.7 Å². The SMILES string of the molecule is CC(=N)C(C#N)C(=O)COC(=O)[C@@H]1CC(=O)N(Cc2ccco2)C1. The quantitative estimate of drug-likeness (QED) is 0.585. The van der Waals surface area contributed by atoms with Gasteiger partial charge in [0.05, 0.1) is 24.8 Å². The van der Waals surface area contributed by atoms with Crippen molar-refractivity contribution in [2.24, 2.45) is 11.8 Å². The summed E-state index contributed by atoms with van der Waals surface area (Å²) in [6.45, 7) is 1.24. The van der Waals surface area contributed by atoms with Crippen LogP contribution in [-0.4, -0.2) is 41.4 Å². The summed E-state index contributed by atoms with van der Waals surface area (Å²) in [6, 6.07) is 5.14. The van der Waals surface area contributed by atoms with Crippen LogP contribution in [0.25, 0.3) is 0 Å². The first-order chi connectivity index (χ1) is 11.4. The number of hydrogen-bond donors (Lipinski definition) is 1. The molecule has 2 rings (SSSR count). The van der Waals surface area contributed by atoms with Gasteiger partial charge in [-0.3, -0.25) is 14.4 Å². The van der Waals surface area contributed by atoms with Gasteiger partial charge in [-0.2, -0.15) is 5.26 Å². The largest absolute Gasteiger partial charge is 0.467 e. The van der Waals surface area contributed by atoms with Gasteiger partial charge in [0.15, 0.2) is 12.4 Å². The van der Waals surface area contributed by atoms with E-state index in [0.29, 0.717) is 5.76 Å². The maximum absolute atomic E-state index is 12.0. The molecule has 8 nitrogen and oxygen atoms in total. The van der Waals surface area contributed by atoms with Gasteiger partial charge in [0, 0.05) is 18.7 Å². The maximum Gasteiger partial charge on any atom is 0.311 e. The summed E-state index contributed by atoms with van der Waals surface area (Å²) >= 11 is 0. The third kappa shape index (κ3) is 4.07. The van der Waals surface area contributed by atoms with Crippen molar-refractivity contribution >= 4 is 23.4 Å². The molecule has 1 aliphatic rings. The highest BCUT2D eigenvalue weighted by molar-refractivity contribution is 6.06. The van der Waals surface area contributed by atoms with E-state index in [9.17, 15) is 14.4 Å². The Labute approximate surface area is 138 Å². The normalized spacial score (nSPS) is 18.1. The van der Waals surface area contributed by atoms with Crippen molar-refractivity contribution in [1.82, 2.24) is 4.90 Å². The molecule has 8 heteroatoms. The van der Waals surface area contributed by atoms with Gasteiger partial charge in [0.1, 0.15) is 11.7 Å². The van der Waals surface area contributed by atoms with Crippen LogP contribution in [0.1, 0.15) is 19.1 Å². The number of carbonyl (C=O) groups is 3. The predicted octanol–water partition coefficient (Wildman–Crippen LogP) is 0.920. The molecule has 1 fully saturated rings. The topological polar surface area (TPSA) is 124 Å². The minimum Gasteiger partial charge on any atom is -0.467 e. The Morgan fingerprint density at radius 2 is 2.33 bits per heavy atom. The van der Waals surface area contributed by atoms with Crippen molar-refractivity contribution in [3.63, 3.8) is 0 Å². The third-order valence-corrected chi connectivity index (χ3v) is 3.72. The van der Waals surface area contributed by atoms with E-state index in [1.165, 1.54) is 18.1 Å². The number of ether oxygens (including phenoxy) is 1. The van der Waals surface area contributed by atoms with Gasteiger partial charge in [-0.05, 0) is 19.1 Å². The van der Waals surface area contributed by atoms with Gasteiger partial charge in [0.2, 0.25) is 5.91 Å². The highest BCUT2D eigenvalue weighted by atomic mass is 16.5. The molecule has 1 amide bonds. The zero-order valence-electron chi connectivity index (χ0n) is 13.2. The van der Waals surface area contributed by atoms with Gasteiger partial charge in [-0.15, -0.1) is 0 Å². The van der Waals surface area contributed by atoms with Crippen LogP contribution in [0.4, 0.5) is 0 Å². The monoisotopic (exact) mass is 331 g/mol. The number of esters is 1. The fourth-order valence-corrected chi connectivity index (χ4v) is 2.43. The average Bonchev–Trinajstić information content (AvgIpc) is 3.16. The Morgan fingerprint density at radius 3 is 2.92 bits per heavy atom. The minimum absolute atomic E-state index is 0.0129. The number of likely N-dealkylation sites (tertiary alicyclic amines) is 1. The number of amides is 1. The lowest BCUT2D eigenvalue weighted by molar-refractivity contribution is -0.152. The second kappa shape index (κ2) is 7.55. The zero-order chi connectivity index (χ0) is 17.7. The first kappa shape index (κ1) is 17.4. The second-order valence-electron chi connectivity index (χ2n) is 5.57. The molecule has 0 aromatic carbocycles. The van der Waals surface area contributed by atoms with Gasteiger partial charge in [-0.1, -0.05) is 0 Å². The number of Topliss-reactive ketones (excluding diaryl/α,β-unsaturated/α-hetero) is 1. The minimum atomic E-state index is -1.21. The summed E-state index contributed by atoms with van der Waals surface area (Å²) in [6.07, 6.45) is 1.52. The van der Waals surface area contributed by atoms with Crippen LogP contribution in [0.2, 0.25) is 0 Å². The van der Waals surface area contributed by atoms with Crippen LogP contribution >= 0.6 is 0 Å². The number of nitrogens with one attached hydrogen (secondary N) is 1. The summed E-state index contributed by atoms with van der Waals surface area (Å²) in [5.41, 5.74) is -0.0979. The standard InChI is InChI=1S/C16H17N3O5/c1-10(18)13(6-17)14(20)9-24-16(22)11-5-15(21)19(7-11)8-12-3-2-4-23-12/h2-4,11,13,18H,5,7-9H2,1H3/t11-,13?/m1/s1. The van der Waals surface area contributed by atoms with Crippen LogP contribution in [0.15, 0.2) is 22.8 Å². The lowest BCUT2D eigenvalue weighted by Gasteiger charge is -2.14. The molecule has 0 aliphatic carbocycles. The Kier molecular flexibility index (Phi) is 5.47. The highest BCUT2D eigenvalue weighted by Gasteiger charge is 2.36. The van der Waals surface area contributed by atoms with E-state index in [0.717, 1.165) is 0 Å². The van der Waals surface area contributed by atoms with Gasteiger partial charge in [-0.25, -0.2) is 0 Å². The molecule has 24 heavy (non-hydrogen) atoms. The third-order valence-electron chi connectivity index (χ3n) is 3.72. The summed E-state index contributed by atoms with van der Waals surface area (Å²) in [4.78, 5) is 37.2. The molecule has 2 heterocycles. The number of furan rings is 1. The summed E-state index contributed by atoms with van der Waals surface area (Å²) < 4.78 is 10.1. The van der Waals surface area contributed by atoms with Gasteiger partial charge < -0.3 is 19.5 Å². The van der Waals surface area contributed by atoms with E-state index in [-0.39, 0.29) is 31.1 Å². The van der Waals surface area contributed by atoms with E-state index in [2.05, 4.69) is 0 Å². The molecule has 1 saturated heterocycles. The fraction of sp³-hybridized carbons (Fsp3) is 0.438. The van der Waals surface area contributed by atoms with Crippen molar-refractivity contribution in [3.8, 4) is 6.07 Å². The predicted molar refractivity (Wildman–Crippen MR) is 80.7 cm³/mol. The van der Waals surface area contributed by atoms with Crippen LogP contribution in [0.3, 0.4) is 0 Å². The van der Waals surface area contributed by atoms with Gasteiger partial charge in [0.25, 0.3) is 0 Å². The Balaban J connectivity index is 1.85. The van der Waals surface area contributed by atoms with E-state index in [1.54, 1.807) is 18.2 Å². The molecule has 0 bridgehead atoms. The molecule has 126 valence electrons. The van der Waals surface area contributed by atoms with Crippen LogP contribution in [-0.2, 0) is 25.7 Å². The highest BCUT2D eigenvalue weighted by Crippen LogP contribution is 2.21. The van der Waals surface area contributed by atoms with Crippen LogP contribution < -0.4 is 0 Å². The van der Waals surface area contributed by atoms with E-state index in [4.69, 9.17) is 19.8 Å². The molecule has 1 aromatic heterocycles. The number of nitriles is 1. The lowest BCUT2D eigenvalue weighted by Crippen LogP contribution is -2.29. The van der Waals surface area contributed by atoms with Crippen molar-refractivity contribution < 1.29 is 23.5 Å². The molecule has 0 saturated carbocycles. The van der Waals surface area contributed by atoms with E-state index >= 15 is 0 Å². The number of carbonyl (C=O) groups excluding carboxylic acids is 3. The number of hydrogen-bond acceptors (Lipinski definition) is 7. The van der Waals surface area contributed by atoms with Crippen molar-refractivity contribution in [2.45, 2.75) is 19.9 Å². The Morgan fingerprint density at radius 1 is 1.58 bits per heavy atom. The van der Waals surface area contributed by atoms with Gasteiger partial charge >= 0.3 is 5.97 Å². The molecular weight excluding hydrogens is 314 g/mol. The fourth-order valence-electron chi connectivity index (χ4n) is 2.43. The molecule has 0 radical (unpaired) electrons. The molecule has 1 N–H and O–H groups in total. The smallest absolute Gasteiger partial charge is 0.311 e. The molecular formula is C16H17N3O5. The Hall–Kier alpha value is -2.95. The van der Waals surface area contributed by atoms with Crippen LogP contribution in [0.5, 0.6) is 0 Å². The van der Waals surface area contributed by atoms with E-state index in [1.807, 2.05) is 0 Å². The van der Waals surface area contributed by atoms with E-state index < -0.39 is 30.2 Å². The van der Waals surface area contributed by atoms with Crippen LogP contribution in [0, 0.1) is 28.6 Å². The molecule has 1 aromatic rings. The summed E-state index contributed by atoms with van der Waals surface area (Å²) in [5.74, 6) is -2.73. The molecule has 1 aliphatic heterocycles. The molecule has 0 spiro atoms. The average molecular weight is 331 g/mol. The number of nitrogens with zero attached hydrogens (tertiary/aromatic N) is 2. The summed E-state index contributed by atoms with van der Waals surface area (Å²) in [7, 11) is 0. The zero-order valence-corrected chi connectivity index (χ0v) is 13.2. The molecule has 1 unspecified atom stereocenters. The summed E-state index contributed by atoms with van der Waals surface area (Å²) in [5, 5.41) is 16.2. The first-order valence-corrected chi connectivity index (χ1v) is 7.36. The lowest BCUT2D eigenvalue weighted by atomic mass is 10.0. The number of ketones is 1. The maximum atomic E-state index is 12.0. The molecule has 2 atom stereocenters. The first-order valence-electron chi connectivity index (χ1n) is 7.36. The van der Waals surface area contributed by atoms with Crippen molar-refractivity contribution in [3.05, 3.63) is 24.2 Å². The Bertz CT molecular complexity index is 689. The van der Waals surface area contributed by atoms with Crippen molar-refractivity contribution in [2.75, 3.05) is 13.2 Å². The second-order valence-corrected chi connectivity index (χ2v) is 5.57.